The third-order valence-electron chi connectivity index (χ3n) is 3.84. The Hall–Kier alpha value is -3.73. The van der Waals surface area contributed by atoms with Crippen molar-refractivity contribution in [1.29, 1.82) is 5.26 Å². The van der Waals surface area contributed by atoms with E-state index in [1.807, 2.05) is 6.07 Å². The van der Waals surface area contributed by atoms with Crippen LogP contribution in [0.3, 0.4) is 0 Å². The van der Waals surface area contributed by atoms with E-state index in [0.29, 0.717) is 17.0 Å². The molecule has 2 aromatic carbocycles. The third-order valence-corrected chi connectivity index (χ3v) is 3.84. The molecule has 28 heavy (non-hydrogen) atoms. The molecule has 0 radical (unpaired) electrons. The summed E-state index contributed by atoms with van der Waals surface area (Å²) >= 11 is 0. The number of ether oxygens (including phenoxy) is 4. The van der Waals surface area contributed by atoms with Crippen LogP contribution in [-0.2, 0) is 9.53 Å². The lowest BCUT2D eigenvalue weighted by Gasteiger charge is -2.17. The lowest BCUT2D eigenvalue weighted by Crippen LogP contribution is -2.30. The van der Waals surface area contributed by atoms with Crippen LogP contribution in [0.5, 0.6) is 17.2 Å². The van der Waals surface area contributed by atoms with Gasteiger partial charge in [0.15, 0.2) is 17.6 Å². The Morgan fingerprint density at radius 2 is 1.75 bits per heavy atom. The van der Waals surface area contributed by atoms with E-state index in [9.17, 15) is 9.59 Å². The van der Waals surface area contributed by atoms with Gasteiger partial charge in [-0.25, -0.2) is 4.79 Å². The molecule has 2 rings (SSSR count). The molecular weight excluding hydrogens is 364 g/mol. The average molecular weight is 384 g/mol. The summed E-state index contributed by atoms with van der Waals surface area (Å²) < 4.78 is 20.9. The minimum atomic E-state index is -1.09. The third kappa shape index (κ3) is 4.51. The van der Waals surface area contributed by atoms with Gasteiger partial charge in [-0.05, 0) is 37.3 Å². The van der Waals surface area contributed by atoms with Crippen LogP contribution in [0, 0.1) is 11.3 Å². The van der Waals surface area contributed by atoms with E-state index in [1.165, 1.54) is 46.5 Å². The van der Waals surface area contributed by atoms with E-state index in [4.69, 9.17) is 24.2 Å². The van der Waals surface area contributed by atoms with Crippen LogP contribution in [0.1, 0.15) is 22.8 Å². The molecule has 8 nitrogen and oxygen atoms in total. The molecule has 1 atom stereocenters. The van der Waals surface area contributed by atoms with Crippen molar-refractivity contribution in [3.8, 4) is 23.3 Å². The Kier molecular flexibility index (Phi) is 6.82. The van der Waals surface area contributed by atoms with Crippen molar-refractivity contribution in [3.63, 3.8) is 0 Å². The fraction of sp³-hybridized carbons (Fsp3) is 0.250. The highest BCUT2D eigenvalue weighted by Gasteiger charge is 2.25. The minimum absolute atomic E-state index is 0.0891. The molecule has 0 bridgehead atoms. The average Bonchev–Trinajstić information content (AvgIpc) is 2.72. The fourth-order valence-corrected chi connectivity index (χ4v) is 2.45. The van der Waals surface area contributed by atoms with Gasteiger partial charge in [-0.2, -0.15) is 5.26 Å². The molecule has 0 fully saturated rings. The SMILES string of the molecule is COc1ccc(C(=O)O[C@H](C)C(=O)Nc2cccc(C#N)c2)c(OC)c1OC. The zero-order valence-electron chi connectivity index (χ0n) is 15.9. The Bertz CT molecular complexity index is 919. The van der Waals surface area contributed by atoms with Gasteiger partial charge in [-0.15, -0.1) is 0 Å². The van der Waals surface area contributed by atoms with Gasteiger partial charge >= 0.3 is 5.97 Å². The topological polar surface area (TPSA) is 107 Å². The number of anilines is 1. The Morgan fingerprint density at radius 1 is 1.04 bits per heavy atom. The summed E-state index contributed by atoms with van der Waals surface area (Å²) in [5.41, 5.74) is 0.916. The standard InChI is InChI=1S/C20H20N2O6/c1-12(19(23)22-14-7-5-6-13(10-14)11-21)28-20(24)15-8-9-16(25-2)18(27-4)17(15)26-3/h5-10,12H,1-4H3,(H,22,23)/t12-/m1/s1. The summed E-state index contributed by atoms with van der Waals surface area (Å²) in [6.07, 6.45) is -1.09. The van der Waals surface area contributed by atoms with Gasteiger partial charge in [-0.1, -0.05) is 6.07 Å². The fourth-order valence-electron chi connectivity index (χ4n) is 2.45. The minimum Gasteiger partial charge on any atom is -0.493 e. The van der Waals surface area contributed by atoms with Gasteiger partial charge < -0.3 is 24.3 Å². The number of rotatable bonds is 7. The molecule has 0 aromatic heterocycles. The summed E-state index contributed by atoms with van der Waals surface area (Å²) in [6.45, 7) is 1.44. The Balaban J connectivity index is 2.15. The number of benzene rings is 2. The van der Waals surface area contributed by atoms with Gasteiger partial charge in [0.25, 0.3) is 5.91 Å². The van der Waals surface area contributed by atoms with Crippen molar-refractivity contribution in [1.82, 2.24) is 0 Å². The molecule has 0 saturated heterocycles. The van der Waals surface area contributed by atoms with E-state index in [2.05, 4.69) is 5.32 Å². The second-order valence-corrected chi connectivity index (χ2v) is 5.61. The maximum absolute atomic E-state index is 12.5. The molecule has 1 amide bonds. The van der Waals surface area contributed by atoms with E-state index >= 15 is 0 Å². The maximum Gasteiger partial charge on any atom is 0.342 e. The molecule has 0 heterocycles. The number of carbonyl (C=O) groups is 2. The number of nitriles is 1. The first-order chi connectivity index (χ1) is 13.4. The molecule has 1 N–H and O–H groups in total. The van der Waals surface area contributed by atoms with Gasteiger partial charge in [0, 0.05) is 5.69 Å². The van der Waals surface area contributed by atoms with Crippen LogP contribution in [-0.4, -0.2) is 39.3 Å². The second kappa shape index (κ2) is 9.28. The highest BCUT2D eigenvalue weighted by Crippen LogP contribution is 2.40. The molecule has 0 aliphatic carbocycles. The lowest BCUT2D eigenvalue weighted by molar-refractivity contribution is -0.123. The summed E-state index contributed by atoms with van der Waals surface area (Å²) in [4.78, 5) is 24.8. The number of amides is 1. The number of nitrogens with zero attached hydrogens (tertiary/aromatic N) is 1. The largest absolute Gasteiger partial charge is 0.493 e. The van der Waals surface area contributed by atoms with Crippen molar-refractivity contribution in [3.05, 3.63) is 47.5 Å². The van der Waals surface area contributed by atoms with Crippen LogP contribution in [0.15, 0.2) is 36.4 Å². The zero-order valence-corrected chi connectivity index (χ0v) is 15.9. The molecule has 2 aromatic rings. The summed E-state index contributed by atoms with van der Waals surface area (Å²) in [5.74, 6) is -0.528. The number of hydrogen-bond donors (Lipinski definition) is 1. The quantitative estimate of drug-likeness (QED) is 0.732. The highest BCUT2D eigenvalue weighted by molar-refractivity contribution is 5.99. The first kappa shape index (κ1) is 20.6. The van der Waals surface area contributed by atoms with Crippen molar-refractivity contribution in [2.24, 2.45) is 0 Å². The Labute approximate surface area is 162 Å². The van der Waals surface area contributed by atoms with Crippen molar-refractivity contribution < 1.29 is 28.5 Å². The number of hydrogen-bond acceptors (Lipinski definition) is 7. The predicted octanol–water partition coefficient (Wildman–Crippen LogP) is 2.77. The first-order valence-corrected chi connectivity index (χ1v) is 8.26. The summed E-state index contributed by atoms with van der Waals surface area (Å²) in [5, 5.41) is 11.5. The summed E-state index contributed by atoms with van der Waals surface area (Å²) in [7, 11) is 4.26. The van der Waals surface area contributed by atoms with Crippen molar-refractivity contribution in [2.75, 3.05) is 26.6 Å². The van der Waals surface area contributed by atoms with Gasteiger partial charge in [0.05, 0.1) is 33.0 Å². The normalized spacial score (nSPS) is 11.0. The van der Waals surface area contributed by atoms with Crippen LogP contribution in [0.25, 0.3) is 0 Å². The summed E-state index contributed by atoms with van der Waals surface area (Å²) in [6, 6.07) is 11.4. The van der Waals surface area contributed by atoms with E-state index in [1.54, 1.807) is 18.2 Å². The molecule has 0 unspecified atom stereocenters. The monoisotopic (exact) mass is 384 g/mol. The molecule has 146 valence electrons. The van der Waals surface area contributed by atoms with Crippen LogP contribution in [0.4, 0.5) is 5.69 Å². The first-order valence-electron chi connectivity index (χ1n) is 8.26. The number of methoxy groups -OCH3 is 3. The van der Waals surface area contributed by atoms with Gasteiger partial charge in [0.2, 0.25) is 5.75 Å². The molecule has 0 saturated carbocycles. The van der Waals surface area contributed by atoms with Crippen LogP contribution < -0.4 is 19.5 Å². The predicted molar refractivity (Wildman–Crippen MR) is 101 cm³/mol. The molecule has 0 spiro atoms. The highest BCUT2D eigenvalue weighted by atomic mass is 16.6. The zero-order chi connectivity index (χ0) is 20.7. The molecular formula is C20H20N2O6. The molecule has 8 heteroatoms. The van der Waals surface area contributed by atoms with E-state index < -0.39 is 18.0 Å². The maximum atomic E-state index is 12.5. The van der Waals surface area contributed by atoms with Crippen molar-refractivity contribution in [2.45, 2.75) is 13.0 Å². The molecule has 0 aliphatic rings. The van der Waals surface area contributed by atoms with E-state index in [0.717, 1.165) is 0 Å². The smallest absolute Gasteiger partial charge is 0.342 e. The van der Waals surface area contributed by atoms with Gasteiger partial charge in [0.1, 0.15) is 5.56 Å². The number of carbonyl (C=O) groups excluding carboxylic acids is 2. The second-order valence-electron chi connectivity index (χ2n) is 5.61. The molecule has 0 aliphatic heterocycles. The number of nitrogens with one attached hydrogen (secondary N) is 1. The van der Waals surface area contributed by atoms with Crippen LogP contribution in [0.2, 0.25) is 0 Å². The van der Waals surface area contributed by atoms with E-state index in [-0.39, 0.29) is 17.1 Å². The number of esters is 1. The Morgan fingerprint density at radius 3 is 2.36 bits per heavy atom. The van der Waals surface area contributed by atoms with Crippen LogP contribution >= 0.6 is 0 Å². The van der Waals surface area contributed by atoms with Crippen molar-refractivity contribution >= 4 is 17.6 Å². The van der Waals surface area contributed by atoms with Gasteiger partial charge in [-0.3, -0.25) is 4.79 Å². The lowest BCUT2D eigenvalue weighted by atomic mass is 10.1.